The first-order valence-electron chi connectivity index (χ1n) is 11.5. The van der Waals surface area contributed by atoms with Crippen LogP contribution >= 0.6 is 11.6 Å². The number of carboxylic acids is 1. The molecule has 0 saturated carbocycles. The highest BCUT2D eigenvalue weighted by Crippen LogP contribution is 2.27. The minimum absolute atomic E-state index is 0.0730. The fraction of sp³-hybridized carbons (Fsp3) is 0.138. The van der Waals surface area contributed by atoms with Crippen molar-refractivity contribution in [3.05, 3.63) is 94.5 Å². The van der Waals surface area contributed by atoms with Crippen LogP contribution in [0.1, 0.15) is 16.7 Å². The predicted molar refractivity (Wildman–Crippen MR) is 148 cm³/mol. The van der Waals surface area contributed by atoms with Crippen LogP contribution in [0.3, 0.4) is 0 Å². The second-order valence-electron chi connectivity index (χ2n) is 8.14. The lowest BCUT2D eigenvalue weighted by atomic mass is 10.1. The van der Waals surface area contributed by atoms with Crippen LogP contribution in [0.15, 0.2) is 72.8 Å². The van der Waals surface area contributed by atoms with Crippen LogP contribution in [-0.2, 0) is 22.6 Å². The molecule has 194 valence electrons. The van der Waals surface area contributed by atoms with Crippen LogP contribution in [-0.4, -0.2) is 41.6 Å². The monoisotopic (exact) mass is 531 g/mol. The Morgan fingerprint density at radius 3 is 2.37 bits per heavy atom. The molecule has 0 aliphatic heterocycles. The number of ether oxygens (including phenoxy) is 1. The maximum atomic E-state index is 13.1. The summed E-state index contributed by atoms with van der Waals surface area (Å²) in [5.74, 6) is 1.69. The van der Waals surface area contributed by atoms with E-state index in [1.165, 1.54) is 13.2 Å². The number of aliphatic carboxylic acids is 1. The van der Waals surface area contributed by atoms with Crippen LogP contribution in [0.4, 0.5) is 16.2 Å². The number of para-hydroxylation sites is 1. The Labute approximate surface area is 225 Å². The van der Waals surface area contributed by atoms with Crippen LogP contribution in [0.25, 0.3) is 6.08 Å². The molecule has 0 bridgehead atoms. The van der Waals surface area contributed by atoms with Gasteiger partial charge < -0.3 is 25.4 Å². The number of carbonyl (C=O) groups is 3. The highest BCUT2D eigenvalue weighted by molar-refractivity contribution is 6.33. The molecule has 0 fully saturated rings. The molecule has 0 spiro atoms. The van der Waals surface area contributed by atoms with Crippen molar-refractivity contribution in [2.45, 2.75) is 13.0 Å². The number of amides is 3. The molecule has 0 aliphatic rings. The van der Waals surface area contributed by atoms with E-state index in [0.29, 0.717) is 34.3 Å². The van der Waals surface area contributed by atoms with E-state index in [1.807, 2.05) is 12.1 Å². The molecule has 8 nitrogen and oxygen atoms in total. The summed E-state index contributed by atoms with van der Waals surface area (Å²) in [4.78, 5) is 37.7. The van der Waals surface area contributed by atoms with Gasteiger partial charge in [0.05, 0.1) is 36.5 Å². The molecular weight excluding hydrogens is 506 g/mol. The molecular formula is C29H26ClN3O5. The number of nitrogens with one attached hydrogen (secondary N) is 2. The first-order chi connectivity index (χ1) is 18.3. The van der Waals surface area contributed by atoms with E-state index >= 15 is 0 Å². The normalized spacial score (nSPS) is 10.4. The van der Waals surface area contributed by atoms with Crippen molar-refractivity contribution in [2.75, 3.05) is 24.3 Å². The number of halogens is 1. The summed E-state index contributed by atoms with van der Waals surface area (Å²) in [5.41, 5.74) is 3.15. The lowest BCUT2D eigenvalue weighted by Gasteiger charge is -2.21. The number of hydrogen-bond acceptors (Lipinski definition) is 4. The Hall–Kier alpha value is -4.74. The van der Waals surface area contributed by atoms with Crippen molar-refractivity contribution in [3.63, 3.8) is 0 Å². The summed E-state index contributed by atoms with van der Waals surface area (Å²) < 4.78 is 5.42. The minimum atomic E-state index is -1.03. The number of carboxylic acid groups (broad SMARTS) is 1. The van der Waals surface area contributed by atoms with Gasteiger partial charge in [-0.15, -0.1) is 6.42 Å². The molecule has 3 amide bonds. The Morgan fingerprint density at radius 2 is 1.71 bits per heavy atom. The third-order valence-corrected chi connectivity index (χ3v) is 5.73. The summed E-state index contributed by atoms with van der Waals surface area (Å²) in [5, 5.41) is 14.6. The van der Waals surface area contributed by atoms with E-state index in [2.05, 4.69) is 16.6 Å². The second-order valence-corrected chi connectivity index (χ2v) is 8.54. The first-order valence-corrected chi connectivity index (χ1v) is 11.9. The van der Waals surface area contributed by atoms with E-state index in [4.69, 9.17) is 27.9 Å². The van der Waals surface area contributed by atoms with Gasteiger partial charge in [-0.25, -0.2) is 9.59 Å². The van der Waals surface area contributed by atoms with Gasteiger partial charge >= 0.3 is 12.0 Å². The molecule has 0 saturated heterocycles. The molecule has 3 aromatic rings. The number of methoxy groups -OCH3 is 1. The third kappa shape index (κ3) is 8.15. The number of anilines is 2. The van der Waals surface area contributed by atoms with Gasteiger partial charge in [-0.2, -0.15) is 0 Å². The largest absolute Gasteiger partial charge is 0.495 e. The molecule has 3 rings (SSSR count). The lowest BCUT2D eigenvalue weighted by Crippen LogP contribution is -2.32. The van der Waals surface area contributed by atoms with Crippen LogP contribution < -0.4 is 15.4 Å². The Bertz CT molecular complexity index is 1380. The van der Waals surface area contributed by atoms with Crippen molar-refractivity contribution < 1.29 is 24.2 Å². The fourth-order valence-corrected chi connectivity index (χ4v) is 3.72. The van der Waals surface area contributed by atoms with Gasteiger partial charge in [-0.3, -0.25) is 4.79 Å². The molecule has 38 heavy (non-hydrogen) atoms. The number of benzene rings is 3. The average Bonchev–Trinajstić information content (AvgIpc) is 2.90. The van der Waals surface area contributed by atoms with Gasteiger partial charge in [-0.05, 0) is 47.0 Å². The smallest absolute Gasteiger partial charge is 0.328 e. The standard InChI is InChI=1S/C29H26ClN3O5/c1-3-16-33(19-21-10-8-20(9-11-21)13-15-28(35)36)27(34)18-22-12-14-25(26(17-22)38-2)32-29(37)31-24-7-5-4-6-23(24)30/h1,4-15,17H,16,18-19H2,2H3,(H,35,36)(H2,31,32,37). The number of terminal acetylenes is 1. The van der Waals surface area contributed by atoms with E-state index < -0.39 is 12.0 Å². The summed E-state index contributed by atoms with van der Waals surface area (Å²) in [6.45, 7) is 0.420. The molecule has 0 aromatic heterocycles. The molecule has 9 heteroatoms. The summed E-state index contributed by atoms with van der Waals surface area (Å²) >= 11 is 6.09. The van der Waals surface area contributed by atoms with Crippen LogP contribution in [0.2, 0.25) is 5.02 Å². The van der Waals surface area contributed by atoms with Crippen LogP contribution in [0.5, 0.6) is 5.75 Å². The number of carbonyl (C=O) groups excluding carboxylic acids is 2. The van der Waals surface area contributed by atoms with Crippen molar-refractivity contribution in [1.29, 1.82) is 0 Å². The number of hydrogen-bond donors (Lipinski definition) is 3. The summed E-state index contributed by atoms with van der Waals surface area (Å²) in [7, 11) is 1.47. The van der Waals surface area contributed by atoms with Gasteiger partial charge in [0, 0.05) is 12.6 Å². The fourth-order valence-electron chi connectivity index (χ4n) is 3.54. The molecule has 0 aliphatic carbocycles. The molecule has 0 heterocycles. The molecule has 0 unspecified atom stereocenters. The predicted octanol–water partition coefficient (Wildman–Crippen LogP) is 5.29. The second kappa shape index (κ2) is 13.5. The van der Waals surface area contributed by atoms with Crippen molar-refractivity contribution in [1.82, 2.24) is 4.90 Å². The van der Waals surface area contributed by atoms with Gasteiger partial charge in [0.15, 0.2) is 0 Å². The van der Waals surface area contributed by atoms with E-state index in [9.17, 15) is 14.4 Å². The zero-order chi connectivity index (χ0) is 27.5. The number of urea groups is 1. The van der Waals surface area contributed by atoms with Gasteiger partial charge in [-0.1, -0.05) is 60.0 Å². The summed E-state index contributed by atoms with van der Waals surface area (Å²) in [6.07, 6.45) is 8.12. The SMILES string of the molecule is C#CCN(Cc1ccc(C=CC(=O)O)cc1)C(=O)Cc1ccc(NC(=O)Nc2ccccc2Cl)c(OC)c1. The van der Waals surface area contributed by atoms with Crippen molar-refractivity contribution >= 4 is 47.0 Å². The zero-order valence-electron chi connectivity index (χ0n) is 20.6. The Kier molecular flexibility index (Phi) is 9.92. The molecule has 0 radical (unpaired) electrons. The topological polar surface area (TPSA) is 108 Å². The maximum Gasteiger partial charge on any atom is 0.328 e. The van der Waals surface area contributed by atoms with Crippen molar-refractivity contribution in [3.8, 4) is 18.1 Å². The van der Waals surface area contributed by atoms with Gasteiger partial charge in [0.25, 0.3) is 0 Å². The Morgan fingerprint density at radius 1 is 1.03 bits per heavy atom. The Balaban J connectivity index is 1.66. The van der Waals surface area contributed by atoms with Gasteiger partial charge in [0.2, 0.25) is 5.91 Å². The summed E-state index contributed by atoms with van der Waals surface area (Å²) in [6, 6.07) is 18.6. The minimum Gasteiger partial charge on any atom is -0.495 e. The van der Waals surface area contributed by atoms with Gasteiger partial charge in [0.1, 0.15) is 5.75 Å². The first kappa shape index (κ1) is 27.8. The van der Waals surface area contributed by atoms with E-state index in [-0.39, 0.29) is 18.9 Å². The number of rotatable bonds is 10. The molecule has 3 aromatic carbocycles. The highest BCUT2D eigenvalue weighted by atomic mass is 35.5. The van der Waals surface area contributed by atoms with E-state index in [1.54, 1.807) is 59.5 Å². The average molecular weight is 532 g/mol. The maximum absolute atomic E-state index is 13.1. The van der Waals surface area contributed by atoms with E-state index in [0.717, 1.165) is 17.2 Å². The highest BCUT2D eigenvalue weighted by Gasteiger charge is 2.16. The lowest BCUT2D eigenvalue weighted by molar-refractivity contribution is -0.131. The van der Waals surface area contributed by atoms with Crippen molar-refractivity contribution in [2.24, 2.45) is 0 Å². The zero-order valence-corrected chi connectivity index (χ0v) is 21.4. The molecule has 0 atom stereocenters. The number of nitrogens with zero attached hydrogens (tertiary/aromatic N) is 1. The quantitative estimate of drug-likeness (QED) is 0.243. The third-order valence-electron chi connectivity index (χ3n) is 5.40. The van der Waals surface area contributed by atoms with Crippen LogP contribution in [0, 0.1) is 12.3 Å². The molecule has 3 N–H and O–H groups in total.